The number of methoxy groups -OCH3 is 1. The molecule has 0 saturated carbocycles. The highest BCUT2D eigenvalue weighted by Crippen LogP contribution is 2.41. The second kappa shape index (κ2) is 11.2. The molecule has 0 aliphatic carbocycles. The van der Waals surface area contributed by atoms with Gasteiger partial charge in [-0.1, -0.05) is 31.4 Å². The highest BCUT2D eigenvalue weighted by atomic mass is 35.5. The van der Waals surface area contributed by atoms with Gasteiger partial charge >= 0.3 is 18.1 Å². The van der Waals surface area contributed by atoms with Crippen LogP contribution in [0.5, 0.6) is 5.75 Å². The summed E-state index contributed by atoms with van der Waals surface area (Å²) in [7, 11) is 1.01. The first-order chi connectivity index (χ1) is 16.2. The average Bonchev–Trinajstić information content (AvgIpc) is 3.45. The average molecular weight is 533 g/mol. The Hall–Kier alpha value is -2.63. The van der Waals surface area contributed by atoms with Gasteiger partial charge < -0.3 is 9.47 Å². The van der Waals surface area contributed by atoms with Gasteiger partial charge in [0.25, 0.3) is 0 Å². The van der Waals surface area contributed by atoms with Crippen LogP contribution in [0, 0.1) is 0 Å². The molecular weight excluding hydrogens is 513 g/mol. The predicted octanol–water partition coefficient (Wildman–Crippen LogP) is 6.95. The van der Waals surface area contributed by atoms with Crippen LogP contribution in [0.4, 0.5) is 24.0 Å². The Labute approximate surface area is 206 Å². The lowest BCUT2D eigenvalue weighted by Gasteiger charge is -2.21. The topological polar surface area (TPSA) is 68.7 Å². The Morgan fingerprint density at radius 3 is 2.56 bits per heavy atom. The van der Waals surface area contributed by atoms with Crippen molar-refractivity contribution in [3.63, 3.8) is 0 Å². The maximum atomic E-state index is 13.8. The van der Waals surface area contributed by atoms with E-state index in [9.17, 15) is 22.8 Å². The lowest BCUT2D eigenvalue weighted by molar-refractivity contribution is -0.151. The molecule has 2 aromatic heterocycles. The third-order valence-electron chi connectivity index (χ3n) is 4.60. The van der Waals surface area contributed by atoms with E-state index in [1.807, 2.05) is 6.92 Å². The van der Waals surface area contributed by atoms with Gasteiger partial charge in [0.1, 0.15) is 5.75 Å². The fourth-order valence-electron chi connectivity index (χ4n) is 2.96. The number of hydrogen-bond acceptors (Lipinski definition) is 7. The second-order valence-corrected chi connectivity index (χ2v) is 9.54. The summed E-state index contributed by atoms with van der Waals surface area (Å²) in [6.45, 7) is 2.10. The Balaban J connectivity index is 2.03. The van der Waals surface area contributed by atoms with Crippen molar-refractivity contribution in [3.8, 4) is 16.3 Å². The van der Waals surface area contributed by atoms with Crippen molar-refractivity contribution in [2.24, 2.45) is 0 Å². The molecule has 0 N–H and O–H groups in total. The maximum absolute atomic E-state index is 13.8. The van der Waals surface area contributed by atoms with Crippen molar-refractivity contribution in [3.05, 3.63) is 45.6 Å². The SMILES string of the molecule is CCCCCOc1ccc(N(C(=O)C(=O)OC)c2nc(-c3ccc(Cl)s3)cs2)cc1C(F)(F)F. The van der Waals surface area contributed by atoms with Gasteiger partial charge in [-0.2, -0.15) is 13.2 Å². The largest absolute Gasteiger partial charge is 0.493 e. The van der Waals surface area contributed by atoms with Crippen LogP contribution in [-0.4, -0.2) is 30.6 Å². The lowest BCUT2D eigenvalue weighted by Crippen LogP contribution is -2.33. The van der Waals surface area contributed by atoms with E-state index in [1.54, 1.807) is 17.5 Å². The zero-order valence-electron chi connectivity index (χ0n) is 18.1. The van der Waals surface area contributed by atoms with Crippen LogP contribution in [0.2, 0.25) is 4.34 Å². The first-order valence-electron chi connectivity index (χ1n) is 10.1. The number of benzene rings is 1. The fourth-order valence-corrected chi connectivity index (χ4v) is 4.88. The number of anilines is 2. The number of thiophene rings is 1. The summed E-state index contributed by atoms with van der Waals surface area (Å²) < 4.78 is 51.9. The Morgan fingerprint density at radius 2 is 1.94 bits per heavy atom. The van der Waals surface area contributed by atoms with E-state index < -0.39 is 23.6 Å². The van der Waals surface area contributed by atoms with E-state index in [-0.39, 0.29) is 23.2 Å². The molecular formula is C22H20ClF3N2O4S2. The number of unbranched alkanes of at least 4 members (excludes halogenated alkanes) is 2. The van der Waals surface area contributed by atoms with Gasteiger partial charge in [0, 0.05) is 5.38 Å². The minimum atomic E-state index is -4.75. The minimum Gasteiger partial charge on any atom is -0.493 e. The van der Waals surface area contributed by atoms with E-state index in [0.717, 1.165) is 48.3 Å². The van der Waals surface area contributed by atoms with Crippen LogP contribution < -0.4 is 9.64 Å². The Kier molecular flexibility index (Phi) is 8.56. The number of alkyl halides is 3. The number of thiazole rings is 1. The number of amides is 1. The normalized spacial score (nSPS) is 11.4. The molecule has 2 heterocycles. The molecule has 3 aromatic rings. The summed E-state index contributed by atoms with van der Waals surface area (Å²) in [5, 5.41) is 1.62. The Morgan fingerprint density at radius 1 is 1.18 bits per heavy atom. The van der Waals surface area contributed by atoms with Crippen molar-refractivity contribution in [2.45, 2.75) is 32.4 Å². The summed E-state index contributed by atoms with van der Waals surface area (Å²) >= 11 is 8.20. The van der Waals surface area contributed by atoms with Crippen LogP contribution in [0.25, 0.3) is 10.6 Å². The van der Waals surface area contributed by atoms with Crippen molar-refractivity contribution in [2.75, 3.05) is 18.6 Å². The maximum Gasteiger partial charge on any atom is 0.420 e. The van der Waals surface area contributed by atoms with Crippen molar-refractivity contribution < 1.29 is 32.2 Å². The predicted molar refractivity (Wildman–Crippen MR) is 126 cm³/mol. The number of nitrogens with zero attached hydrogens (tertiary/aromatic N) is 2. The fraction of sp³-hybridized carbons (Fsp3) is 0.318. The molecule has 182 valence electrons. The third kappa shape index (κ3) is 6.08. The summed E-state index contributed by atoms with van der Waals surface area (Å²) in [4.78, 5) is 30.7. The molecule has 3 rings (SSSR count). The van der Waals surface area contributed by atoms with E-state index in [1.165, 1.54) is 17.4 Å². The van der Waals surface area contributed by atoms with Crippen LogP contribution in [0.1, 0.15) is 31.7 Å². The standard InChI is InChI=1S/C22H20ClF3N2O4S2/c1-3-4-5-10-32-16-7-6-13(11-14(16)22(24,25)26)28(19(29)20(30)31-2)21-27-15(12-33-21)17-8-9-18(23)34-17/h6-9,11-12H,3-5,10H2,1-2H3. The zero-order chi connectivity index (χ0) is 24.9. The zero-order valence-corrected chi connectivity index (χ0v) is 20.5. The number of carbonyl (C=O) groups is 2. The molecule has 0 aliphatic heterocycles. The van der Waals surface area contributed by atoms with Crippen LogP contribution >= 0.6 is 34.3 Å². The molecule has 0 spiro atoms. The summed E-state index contributed by atoms with van der Waals surface area (Å²) in [5.41, 5.74) is -0.800. The third-order valence-corrected chi connectivity index (χ3v) is 6.68. The van der Waals surface area contributed by atoms with Crippen LogP contribution in [0.15, 0.2) is 35.7 Å². The smallest absolute Gasteiger partial charge is 0.420 e. The van der Waals surface area contributed by atoms with Crippen molar-refractivity contribution >= 4 is 57.0 Å². The van der Waals surface area contributed by atoms with Gasteiger partial charge in [-0.3, -0.25) is 4.79 Å². The van der Waals surface area contributed by atoms with Gasteiger partial charge in [0.2, 0.25) is 0 Å². The molecule has 0 bridgehead atoms. The van der Waals surface area contributed by atoms with Crippen molar-refractivity contribution in [1.82, 2.24) is 4.98 Å². The molecule has 0 fully saturated rings. The molecule has 12 heteroatoms. The monoisotopic (exact) mass is 532 g/mol. The van der Waals surface area contributed by atoms with Gasteiger partial charge in [-0.25, -0.2) is 14.7 Å². The number of esters is 1. The summed E-state index contributed by atoms with van der Waals surface area (Å²) in [6.07, 6.45) is -2.43. The highest BCUT2D eigenvalue weighted by Gasteiger charge is 2.37. The lowest BCUT2D eigenvalue weighted by atomic mass is 10.1. The molecule has 1 amide bonds. The molecule has 0 unspecified atom stereocenters. The number of hydrogen-bond donors (Lipinski definition) is 0. The molecule has 6 nitrogen and oxygen atoms in total. The number of carbonyl (C=O) groups excluding carboxylic acids is 2. The first-order valence-corrected chi connectivity index (χ1v) is 12.2. The molecule has 0 saturated heterocycles. The minimum absolute atomic E-state index is 0.000314. The van der Waals surface area contributed by atoms with Crippen molar-refractivity contribution in [1.29, 1.82) is 0 Å². The number of halogens is 4. The van der Waals surface area contributed by atoms with E-state index in [0.29, 0.717) is 21.3 Å². The molecule has 34 heavy (non-hydrogen) atoms. The number of ether oxygens (including phenoxy) is 2. The molecule has 0 radical (unpaired) electrons. The molecule has 0 atom stereocenters. The van der Waals surface area contributed by atoms with Crippen LogP contribution in [-0.2, 0) is 20.5 Å². The second-order valence-electron chi connectivity index (χ2n) is 6.99. The van der Waals surface area contributed by atoms with Gasteiger partial charge in [0.15, 0.2) is 5.13 Å². The number of aromatic nitrogens is 1. The molecule has 0 aliphatic rings. The summed E-state index contributed by atoms with van der Waals surface area (Å²) in [6, 6.07) is 6.57. The molecule has 1 aromatic carbocycles. The van der Waals surface area contributed by atoms with Gasteiger partial charge in [-0.15, -0.1) is 22.7 Å². The van der Waals surface area contributed by atoms with Gasteiger partial charge in [-0.05, 0) is 36.8 Å². The van der Waals surface area contributed by atoms with Gasteiger partial charge in [0.05, 0.1) is 39.9 Å². The quantitative estimate of drug-likeness (QED) is 0.178. The summed E-state index contributed by atoms with van der Waals surface area (Å²) in [5.74, 6) is -2.78. The Bertz CT molecular complexity index is 1160. The number of rotatable bonds is 8. The first kappa shape index (κ1) is 26.0. The highest BCUT2D eigenvalue weighted by molar-refractivity contribution is 7.20. The van der Waals surface area contributed by atoms with E-state index in [2.05, 4.69) is 9.72 Å². The van der Waals surface area contributed by atoms with Crippen LogP contribution in [0.3, 0.4) is 0 Å². The van der Waals surface area contributed by atoms with E-state index >= 15 is 0 Å². The van der Waals surface area contributed by atoms with E-state index in [4.69, 9.17) is 16.3 Å².